The molecule has 0 aromatic rings. The van der Waals surface area contributed by atoms with Crippen LogP contribution in [0.15, 0.2) is 0 Å². The fraction of sp³-hybridized carbons (Fsp3) is 1.00. The summed E-state index contributed by atoms with van der Waals surface area (Å²) in [4.78, 5) is 2.65. The Morgan fingerprint density at radius 3 is 2.68 bits per heavy atom. The summed E-state index contributed by atoms with van der Waals surface area (Å²) in [5, 5.41) is 3.85. The Morgan fingerprint density at radius 2 is 2.00 bits per heavy atom. The van der Waals surface area contributed by atoms with Crippen molar-refractivity contribution in [2.45, 2.75) is 63.5 Å². The molecule has 19 heavy (non-hydrogen) atoms. The zero-order valence-corrected chi connectivity index (χ0v) is 13.4. The fourth-order valence-electron chi connectivity index (χ4n) is 3.62. The molecule has 2 rings (SSSR count). The van der Waals surface area contributed by atoms with E-state index in [1.165, 1.54) is 58.2 Å². The van der Waals surface area contributed by atoms with Crippen molar-refractivity contribution in [3.05, 3.63) is 0 Å². The van der Waals surface area contributed by atoms with E-state index >= 15 is 0 Å². The first-order chi connectivity index (χ1) is 9.11. The molecule has 0 radical (unpaired) electrons. The highest BCUT2D eigenvalue weighted by molar-refractivity contribution is 7.84. The topological polar surface area (TPSA) is 32.3 Å². The molecule has 1 aliphatic heterocycles. The van der Waals surface area contributed by atoms with Crippen LogP contribution in [0, 0.1) is 0 Å². The molecule has 1 spiro atoms. The van der Waals surface area contributed by atoms with Gasteiger partial charge in [0, 0.05) is 40.9 Å². The van der Waals surface area contributed by atoms with Gasteiger partial charge in [-0.2, -0.15) is 0 Å². The Bertz CT molecular complexity index is 303. The van der Waals surface area contributed by atoms with Gasteiger partial charge in [-0.15, -0.1) is 0 Å². The van der Waals surface area contributed by atoms with E-state index in [0.29, 0.717) is 11.6 Å². The van der Waals surface area contributed by atoms with Crippen molar-refractivity contribution in [2.24, 2.45) is 0 Å². The first-order valence-corrected chi connectivity index (χ1v) is 9.63. The maximum atomic E-state index is 11.3. The predicted octanol–water partition coefficient (Wildman–Crippen LogP) is 2.14. The van der Waals surface area contributed by atoms with Crippen molar-refractivity contribution in [1.82, 2.24) is 10.2 Å². The van der Waals surface area contributed by atoms with Crippen molar-refractivity contribution in [3.63, 3.8) is 0 Å². The fourth-order valence-corrected chi connectivity index (χ4v) is 4.29. The van der Waals surface area contributed by atoms with Crippen LogP contribution in [0.25, 0.3) is 0 Å². The van der Waals surface area contributed by atoms with E-state index in [-0.39, 0.29) is 0 Å². The van der Waals surface area contributed by atoms with E-state index in [1.807, 2.05) is 6.26 Å². The molecule has 1 saturated carbocycles. The number of nitrogens with one attached hydrogen (secondary N) is 1. The molecule has 2 atom stereocenters. The molecule has 4 heteroatoms. The van der Waals surface area contributed by atoms with E-state index in [9.17, 15) is 4.21 Å². The van der Waals surface area contributed by atoms with Crippen LogP contribution in [0.4, 0.5) is 0 Å². The van der Waals surface area contributed by atoms with E-state index in [1.54, 1.807) is 0 Å². The van der Waals surface area contributed by atoms with Crippen LogP contribution in [0.3, 0.4) is 0 Å². The Balaban J connectivity index is 1.93. The minimum Gasteiger partial charge on any atom is -0.310 e. The Kier molecular flexibility index (Phi) is 5.85. The summed E-state index contributed by atoms with van der Waals surface area (Å²) in [5.74, 6) is 0.845. The van der Waals surface area contributed by atoms with Crippen LogP contribution < -0.4 is 5.32 Å². The van der Waals surface area contributed by atoms with E-state index < -0.39 is 10.8 Å². The lowest BCUT2D eigenvalue weighted by atomic mass is 9.81. The second-order valence-corrected chi connectivity index (χ2v) is 8.06. The molecule has 0 aromatic carbocycles. The lowest BCUT2D eigenvalue weighted by Crippen LogP contribution is -2.54. The normalized spacial score (nSPS) is 27.9. The number of hydrogen-bond donors (Lipinski definition) is 1. The summed E-state index contributed by atoms with van der Waals surface area (Å²) in [6.07, 6.45) is 11.0. The zero-order chi connectivity index (χ0) is 13.7. The van der Waals surface area contributed by atoms with Crippen LogP contribution in [-0.4, -0.2) is 52.3 Å². The van der Waals surface area contributed by atoms with Crippen LogP contribution in [-0.2, 0) is 10.8 Å². The highest BCUT2D eigenvalue weighted by atomic mass is 32.2. The van der Waals surface area contributed by atoms with Gasteiger partial charge in [0.15, 0.2) is 0 Å². The summed E-state index contributed by atoms with van der Waals surface area (Å²) in [5.41, 5.74) is 0.383. The van der Waals surface area contributed by atoms with E-state index in [4.69, 9.17) is 0 Å². The maximum Gasteiger partial charge on any atom is 0.0308 e. The minimum atomic E-state index is -0.650. The highest BCUT2D eigenvalue weighted by Crippen LogP contribution is 2.31. The second kappa shape index (κ2) is 7.19. The molecule has 2 fully saturated rings. The molecule has 1 saturated heterocycles. The molecule has 3 nitrogen and oxygen atoms in total. The maximum absolute atomic E-state index is 11.3. The summed E-state index contributed by atoms with van der Waals surface area (Å²) >= 11 is 0. The van der Waals surface area contributed by atoms with Gasteiger partial charge in [0.25, 0.3) is 0 Å². The molecule has 0 bridgehead atoms. The van der Waals surface area contributed by atoms with Gasteiger partial charge in [-0.05, 0) is 45.7 Å². The van der Waals surface area contributed by atoms with Crippen molar-refractivity contribution in [2.75, 3.05) is 31.6 Å². The standard InChI is InChI=1S/C15H30N2OS/c1-14(7-12-19(2)18)17-11-6-10-16-15(13-17)8-4-3-5-9-15/h14,16H,3-13H2,1-2H3. The van der Waals surface area contributed by atoms with Crippen LogP contribution in [0.5, 0.6) is 0 Å². The molecular formula is C15H30N2OS. The lowest BCUT2D eigenvalue weighted by Gasteiger charge is -2.41. The van der Waals surface area contributed by atoms with Crippen molar-refractivity contribution >= 4 is 10.8 Å². The molecule has 1 aliphatic carbocycles. The molecule has 0 aromatic heterocycles. The largest absolute Gasteiger partial charge is 0.310 e. The molecule has 1 N–H and O–H groups in total. The number of hydrogen-bond acceptors (Lipinski definition) is 3. The third kappa shape index (κ3) is 4.54. The first kappa shape index (κ1) is 15.5. The number of rotatable bonds is 4. The van der Waals surface area contributed by atoms with Gasteiger partial charge in [-0.1, -0.05) is 19.3 Å². The SMILES string of the molecule is CC(CCS(C)=O)N1CCCNC2(CCCCC2)C1. The van der Waals surface area contributed by atoms with Gasteiger partial charge < -0.3 is 5.32 Å². The molecule has 2 aliphatic rings. The van der Waals surface area contributed by atoms with Crippen molar-refractivity contribution in [1.29, 1.82) is 0 Å². The van der Waals surface area contributed by atoms with Gasteiger partial charge in [0.05, 0.1) is 0 Å². The average molecular weight is 286 g/mol. The van der Waals surface area contributed by atoms with Gasteiger partial charge >= 0.3 is 0 Å². The molecule has 112 valence electrons. The third-order valence-electron chi connectivity index (χ3n) is 4.88. The van der Waals surface area contributed by atoms with Crippen LogP contribution >= 0.6 is 0 Å². The summed E-state index contributed by atoms with van der Waals surface area (Å²) in [6, 6.07) is 0.572. The summed E-state index contributed by atoms with van der Waals surface area (Å²) in [6.45, 7) is 5.88. The van der Waals surface area contributed by atoms with Gasteiger partial charge in [-0.25, -0.2) is 0 Å². The highest BCUT2D eigenvalue weighted by Gasteiger charge is 2.35. The smallest absolute Gasteiger partial charge is 0.0308 e. The quantitative estimate of drug-likeness (QED) is 0.859. The van der Waals surface area contributed by atoms with E-state index in [2.05, 4.69) is 17.1 Å². The Labute approximate surface area is 121 Å². The van der Waals surface area contributed by atoms with Gasteiger partial charge in [0.1, 0.15) is 0 Å². The van der Waals surface area contributed by atoms with E-state index in [0.717, 1.165) is 12.2 Å². The zero-order valence-electron chi connectivity index (χ0n) is 12.6. The lowest BCUT2D eigenvalue weighted by molar-refractivity contribution is 0.132. The summed E-state index contributed by atoms with van der Waals surface area (Å²) in [7, 11) is -0.650. The third-order valence-corrected chi connectivity index (χ3v) is 5.70. The van der Waals surface area contributed by atoms with Crippen molar-refractivity contribution < 1.29 is 4.21 Å². The predicted molar refractivity (Wildman–Crippen MR) is 83.0 cm³/mol. The van der Waals surface area contributed by atoms with Gasteiger partial charge in [0.2, 0.25) is 0 Å². The molecular weight excluding hydrogens is 256 g/mol. The van der Waals surface area contributed by atoms with Gasteiger partial charge in [-0.3, -0.25) is 9.11 Å². The molecule has 1 heterocycles. The summed E-state index contributed by atoms with van der Waals surface area (Å²) < 4.78 is 11.3. The molecule has 2 unspecified atom stereocenters. The monoisotopic (exact) mass is 286 g/mol. The molecule has 0 amide bonds. The Morgan fingerprint density at radius 1 is 1.26 bits per heavy atom. The Hall–Kier alpha value is 0.0700. The van der Waals surface area contributed by atoms with Crippen LogP contribution in [0.1, 0.15) is 51.9 Å². The number of nitrogens with zero attached hydrogens (tertiary/aromatic N) is 1. The minimum absolute atomic E-state index is 0.383. The van der Waals surface area contributed by atoms with Crippen molar-refractivity contribution in [3.8, 4) is 0 Å². The van der Waals surface area contributed by atoms with Crippen LogP contribution in [0.2, 0.25) is 0 Å². The first-order valence-electron chi connectivity index (χ1n) is 7.90. The average Bonchev–Trinajstić information content (AvgIpc) is 2.60. The second-order valence-electron chi connectivity index (χ2n) is 6.51.